The summed E-state index contributed by atoms with van der Waals surface area (Å²) in [5.41, 5.74) is 0. The first-order chi connectivity index (χ1) is 24.2. The van der Waals surface area contributed by atoms with Crippen LogP contribution in [0.3, 0.4) is 0 Å². The Hall–Kier alpha value is -3.56. The molecule has 0 aromatic carbocycles. The third kappa shape index (κ3) is 10.1. The zero-order chi connectivity index (χ0) is 36.9. The Bertz CT molecular complexity index is 1660. The molecular formula is C36H49F2N7O4S2. The van der Waals surface area contributed by atoms with Gasteiger partial charge in [-0.3, -0.25) is 24.1 Å². The Morgan fingerprint density at radius 2 is 1.53 bits per heavy atom. The lowest BCUT2D eigenvalue weighted by Crippen LogP contribution is -2.45. The average Bonchev–Trinajstić information content (AvgIpc) is 3.85. The van der Waals surface area contributed by atoms with Gasteiger partial charge in [-0.05, 0) is 76.1 Å². The fraction of sp³-hybridized carbons (Fsp3) is 0.611. The van der Waals surface area contributed by atoms with Crippen molar-refractivity contribution in [2.24, 2.45) is 5.92 Å². The summed E-state index contributed by atoms with van der Waals surface area (Å²) in [5, 5.41) is 18.9. The standard InChI is InChI=1S/C29H42F2N6O2S.C7H7NO2S/c1-17(2)27-35-34-18(3)37(27)23-15-21-5-6-22(16-23)36(21)14-11-24(25-7-8-26(40-25)32-19(4)38)33-28(39)20-9-12-29(30,31)13-10-20;1-5(10)8-7-3-2-6(4-9)11-7/h7-8,17,20-24H,5-6,9-16H2,1-4H3,(H,32,38)(H,33,39);2-4H,1H3,(H,8,10)/t21?,22?,23?,24-;/m0./s1. The molecule has 6 rings (SSSR count). The molecule has 3 N–H and O–H groups in total. The molecule has 1 saturated carbocycles. The van der Waals surface area contributed by atoms with Crippen molar-refractivity contribution in [3.63, 3.8) is 0 Å². The highest BCUT2D eigenvalue weighted by Crippen LogP contribution is 2.43. The van der Waals surface area contributed by atoms with E-state index in [1.165, 1.54) is 49.4 Å². The number of rotatable bonds is 11. The third-order valence-corrected chi connectivity index (χ3v) is 12.1. The fourth-order valence-corrected chi connectivity index (χ4v) is 9.45. The first kappa shape index (κ1) is 38.7. The van der Waals surface area contributed by atoms with E-state index in [1.807, 2.05) is 19.1 Å². The summed E-state index contributed by atoms with van der Waals surface area (Å²) >= 11 is 2.72. The van der Waals surface area contributed by atoms with Crippen molar-refractivity contribution in [3.05, 3.63) is 45.7 Å². The summed E-state index contributed by atoms with van der Waals surface area (Å²) in [6, 6.07) is 8.31. The molecule has 3 fully saturated rings. The molecule has 0 spiro atoms. The summed E-state index contributed by atoms with van der Waals surface area (Å²) in [4.78, 5) is 49.7. The number of amides is 3. The highest BCUT2D eigenvalue weighted by Gasteiger charge is 2.43. The topological polar surface area (TPSA) is 138 Å². The van der Waals surface area contributed by atoms with E-state index in [4.69, 9.17) is 0 Å². The highest BCUT2D eigenvalue weighted by molar-refractivity contribution is 7.17. The van der Waals surface area contributed by atoms with Gasteiger partial charge in [-0.2, -0.15) is 0 Å². The largest absolute Gasteiger partial charge is 0.348 e. The van der Waals surface area contributed by atoms with Crippen molar-refractivity contribution in [2.45, 2.75) is 128 Å². The summed E-state index contributed by atoms with van der Waals surface area (Å²) in [6.07, 6.45) is 5.91. The lowest BCUT2D eigenvalue weighted by molar-refractivity contribution is -0.130. The second-order valence-electron chi connectivity index (χ2n) is 14.2. The van der Waals surface area contributed by atoms with Crippen LogP contribution in [-0.2, 0) is 14.4 Å². The number of aryl methyl sites for hydroxylation is 1. The first-order valence-corrected chi connectivity index (χ1v) is 19.4. The number of alkyl halides is 2. The van der Waals surface area contributed by atoms with Crippen LogP contribution in [0.15, 0.2) is 24.3 Å². The summed E-state index contributed by atoms with van der Waals surface area (Å²) in [7, 11) is 0. The minimum Gasteiger partial charge on any atom is -0.348 e. The van der Waals surface area contributed by atoms with Gasteiger partial charge >= 0.3 is 0 Å². The van der Waals surface area contributed by atoms with Gasteiger partial charge in [0.25, 0.3) is 0 Å². The van der Waals surface area contributed by atoms with Gasteiger partial charge in [0, 0.05) is 68.1 Å². The third-order valence-electron chi connectivity index (χ3n) is 10.0. The predicted octanol–water partition coefficient (Wildman–Crippen LogP) is 7.49. The van der Waals surface area contributed by atoms with Crippen molar-refractivity contribution in [1.82, 2.24) is 25.0 Å². The van der Waals surface area contributed by atoms with E-state index in [0.29, 0.717) is 33.9 Å². The normalized spacial score (nSPS) is 22.2. The Kier molecular flexibility index (Phi) is 12.8. The zero-order valence-electron chi connectivity index (χ0n) is 29.9. The summed E-state index contributed by atoms with van der Waals surface area (Å²) in [5.74, 6) is -1.07. The second kappa shape index (κ2) is 16.8. The van der Waals surface area contributed by atoms with Gasteiger partial charge in [-0.15, -0.1) is 32.9 Å². The Labute approximate surface area is 306 Å². The van der Waals surface area contributed by atoms with Crippen LogP contribution in [0.5, 0.6) is 0 Å². The van der Waals surface area contributed by atoms with Crippen LogP contribution in [0.2, 0.25) is 0 Å². The van der Waals surface area contributed by atoms with Crippen molar-refractivity contribution in [2.75, 3.05) is 17.2 Å². The molecule has 3 aliphatic rings. The van der Waals surface area contributed by atoms with E-state index in [0.717, 1.165) is 53.6 Å². The number of aromatic nitrogens is 3. The minimum atomic E-state index is -2.66. The molecule has 2 aliphatic heterocycles. The van der Waals surface area contributed by atoms with E-state index in [9.17, 15) is 28.0 Å². The van der Waals surface area contributed by atoms with Crippen LogP contribution in [0, 0.1) is 12.8 Å². The number of hydrogen-bond donors (Lipinski definition) is 3. The van der Waals surface area contributed by atoms with Crippen molar-refractivity contribution < 1.29 is 28.0 Å². The lowest BCUT2D eigenvalue weighted by Gasteiger charge is -2.40. The quantitative estimate of drug-likeness (QED) is 0.173. The lowest BCUT2D eigenvalue weighted by atomic mass is 9.86. The summed E-state index contributed by atoms with van der Waals surface area (Å²) < 4.78 is 29.8. The molecule has 51 heavy (non-hydrogen) atoms. The highest BCUT2D eigenvalue weighted by atomic mass is 32.1. The van der Waals surface area contributed by atoms with Crippen LogP contribution >= 0.6 is 22.7 Å². The Morgan fingerprint density at radius 3 is 2.10 bits per heavy atom. The van der Waals surface area contributed by atoms with Gasteiger partial charge in [-0.25, -0.2) is 8.78 Å². The molecular weight excluding hydrogens is 697 g/mol. The molecule has 15 heteroatoms. The Balaban J connectivity index is 0.000000392. The van der Waals surface area contributed by atoms with Gasteiger partial charge in [0.1, 0.15) is 11.6 Å². The number of anilines is 2. The van der Waals surface area contributed by atoms with Crippen LogP contribution in [0.25, 0.3) is 0 Å². The first-order valence-electron chi connectivity index (χ1n) is 17.8. The molecule has 2 saturated heterocycles. The van der Waals surface area contributed by atoms with Crippen LogP contribution < -0.4 is 16.0 Å². The average molecular weight is 746 g/mol. The van der Waals surface area contributed by atoms with Gasteiger partial charge in [0.15, 0.2) is 6.29 Å². The maximum absolute atomic E-state index is 13.7. The number of carbonyl (C=O) groups is 4. The smallest absolute Gasteiger partial charge is 0.248 e. The monoisotopic (exact) mass is 745 g/mol. The number of piperidine rings is 1. The Morgan fingerprint density at radius 1 is 0.922 bits per heavy atom. The number of aldehydes is 1. The van der Waals surface area contributed by atoms with Crippen LogP contribution in [0.1, 0.15) is 130 Å². The van der Waals surface area contributed by atoms with E-state index in [1.54, 1.807) is 12.1 Å². The zero-order valence-corrected chi connectivity index (χ0v) is 31.5. The molecule has 2 bridgehead atoms. The van der Waals surface area contributed by atoms with Crippen molar-refractivity contribution >= 4 is 56.7 Å². The molecule has 11 nitrogen and oxygen atoms in total. The van der Waals surface area contributed by atoms with Gasteiger partial charge in [-0.1, -0.05) is 13.8 Å². The molecule has 3 aromatic heterocycles. The number of nitrogens with zero attached hydrogens (tertiary/aromatic N) is 4. The molecule has 3 amide bonds. The maximum Gasteiger partial charge on any atom is 0.248 e. The van der Waals surface area contributed by atoms with E-state index < -0.39 is 5.92 Å². The number of carbonyl (C=O) groups excluding carboxylic acids is 4. The van der Waals surface area contributed by atoms with E-state index in [-0.39, 0.29) is 55.4 Å². The number of fused-ring (bicyclic) bond motifs is 2. The molecule has 2 unspecified atom stereocenters. The minimum absolute atomic E-state index is 0.121. The van der Waals surface area contributed by atoms with E-state index >= 15 is 0 Å². The SMILES string of the molecule is CC(=O)Nc1ccc(C=O)s1.CC(=O)Nc1ccc([C@H](CCN2C3CCC2CC(n2c(C)nnc2C(C)C)C3)NC(=O)C2CCC(F)(F)CC2)s1. The fourth-order valence-electron chi connectivity index (χ4n) is 7.65. The maximum atomic E-state index is 13.7. The molecule has 5 heterocycles. The van der Waals surface area contributed by atoms with Crippen LogP contribution in [-0.4, -0.2) is 68.2 Å². The van der Waals surface area contributed by atoms with Gasteiger partial charge < -0.3 is 20.5 Å². The number of halogens is 2. The van der Waals surface area contributed by atoms with Crippen LogP contribution in [0.4, 0.5) is 18.8 Å². The molecule has 278 valence electrons. The van der Waals surface area contributed by atoms with Crippen molar-refractivity contribution in [1.29, 1.82) is 0 Å². The van der Waals surface area contributed by atoms with Gasteiger partial charge in [0.05, 0.1) is 20.9 Å². The molecule has 3 atom stereocenters. The van der Waals surface area contributed by atoms with Gasteiger partial charge in [0.2, 0.25) is 23.6 Å². The number of thiophene rings is 2. The molecule has 1 aliphatic carbocycles. The molecule has 3 aromatic rings. The van der Waals surface area contributed by atoms with Crippen molar-refractivity contribution in [3.8, 4) is 0 Å². The second-order valence-corrected chi connectivity index (χ2v) is 16.5. The molecule has 0 radical (unpaired) electrons. The van der Waals surface area contributed by atoms with E-state index in [2.05, 4.69) is 49.5 Å². The predicted molar refractivity (Wildman–Crippen MR) is 196 cm³/mol. The number of hydrogen-bond acceptors (Lipinski definition) is 9. The number of nitrogens with one attached hydrogen (secondary N) is 3. The summed E-state index contributed by atoms with van der Waals surface area (Å²) in [6.45, 7) is 10.1.